The predicted molar refractivity (Wildman–Crippen MR) is 109 cm³/mol. The number of sulfonamides is 1. The van der Waals surface area contributed by atoms with Gasteiger partial charge in [-0.2, -0.15) is 0 Å². The van der Waals surface area contributed by atoms with Crippen molar-refractivity contribution in [3.05, 3.63) is 77.7 Å². The molecule has 8 heteroatoms. The highest BCUT2D eigenvalue weighted by molar-refractivity contribution is 7.89. The number of nitrogens with one attached hydrogen (secondary N) is 2. The van der Waals surface area contributed by atoms with E-state index in [9.17, 15) is 13.2 Å². The molecule has 1 amide bonds. The van der Waals surface area contributed by atoms with Gasteiger partial charge < -0.3 is 14.5 Å². The fourth-order valence-electron chi connectivity index (χ4n) is 2.80. The molecule has 0 aliphatic carbocycles. The number of carbonyl (C=O) groups is 1. The zero-order valence-electron chi connectivity index (χ0n) is 16.1. The molecule has 0 atom stereocenters. The third kappa shape index (κ3) is 5.46. The Labute approximate surface area is 169 Å². The average Bonchev–Trinajstić information content (AvgIpc) is 3.21. The van der Waals surface area contributed by atoms with E-state index in [0.717, 1.165) is 11.1 Å². The van der Waals surface area contributed by atoms with Gasteiger partial charge >= 0.3 is 0 Å². The van der Waals surface area contributed by atoms with Gasteiger partial charge in [0.15, 0.2) is 0 Å². The van der Waals surface area contributed by atoms with Gasteiger partial charge in [-0.15, -0.1) is 0 Å². The SMILES string of the molecule is COc1ccc(C)cc1CC(=O)Nc1ccc(S(=O)(=O)NCc2ccco2)cc1. The number of carbonyl (C=O) groups excluding carboxylic acids is 1. The van der Waals surface area contributed by atoms with Crippen molar-refractivity contribution in [2.45, 2.75) is 24.8 Å². The number of amides is 1. The van der Waals surface area contributed by atoms with Gasteiger partial charge in [-0.3, -0.25) is 4.79 Å². The van der Waals surface area contributed by atoms with Gasteiger partial charge in [-0.1, -0.05) is 17.7 Å². The molecule has 1 aromatic heterocycles. The van der Waals surface area contributed by atoms with Crippen LogP contribution < -0.4 is 14.8 Å². The first-order chi connectivity index (χ1) is 13.9. The van der Waals surface area contributed by atoms with Crippen molar-refractivity contribution < 1.29 is 22.4 Å². The van der Waals surface area contributed by atoms with E-state index in [1.165, 1.54) is 18.4 Å². The summed E-state index contributed by atoms with van der Waals surface area (Å²) in [5.74, 6) is 0.944. The maximum atomic E-state index is 12.4. The predicted octanol–water partition coefficient (Wildman–Crippen LogP) is 3.26. The Hall–Kier alpha value is -3.10. The highest BCUT2D eigenvalue weighted by atomic mass is 32.2. The maximum Gasteiger partial charge on any atom is 0.240 e. The molecule has 0 fully saturated rings. The highest BCUT2D eigenvalue weighted by Gasteiger charge is 2.15. The van der Waals surface area contributed by atoms with Gasteiger partial charge in [0.2, 0.25) is 15.9 Å². The lowest BCUT2D eigenvalue weighted by Gasteiger charge is -2.11. The first-order valence-electron chi connectivity index (χ1n) is 8.93. The maximum absolute atomic E-state index is 12.4. The van der Waals surface area contributed by atoms with E-state index < -0.39 is 10.0 Å². The number of anilines is 1. The molecule has 3 rings (SSSR count). The summed E-state index contributed by atoms with van der Waals surface area (Å²) in [5.41, 5.74) is 2.32. The normalized spacial score (nSPS) is 11.2. The number of hydrogen-bond acceptors (Lipinski definition) is 5. The standard InChI is InChI=1S/C21H22N2O5S/c1-15-5-10-20(27-2)16(12-15)13-21(24)23-17-6-8-19(9-7-17)29(25,26)22-14-18-4-3-11-28-18/h3-12,22H,13-14H2,1-2H3,(H,23,24). The van der Waals surface area contributed by atoms with Crippen molar-refractivity contribution >= 4 is 21.6 Å². The van der Waals surface area contributed by atoms with E-state index in [-0.39, 0.29) is 23.8 Å². The first kappa shape index (κ1) is 20.6. The van der Waals surface area contributed by atoms with Crippen molar-refractivity contribution in [2.75, 3.05) is 12.4 Å². The molecule has 0 aliphatic rings. The van der Waals surface area contributed by atoms with Crippen LogP contribution in [0.15, 0.2) is 70.2 Å². The molecule has 29 heavy (non-hydrogen) atoms. The summed E-state index contributed by atoms with van der Waals surface area (Å²) in [6.45, 7) is 2.01. The highest BCUT2D eigenvalue weighted by Crippen LogP contribution is 2.21. The van der Waals surface area contributed by atoms with Crippen LogP contribution in [0.4, 0.5) is 5.69 Å². The van der Waals surface area contributed by atoms with Gasteiger partial charge in [0.25, 0.3) is 0 Å². The molecule has 0 bridgehead atoms. The summed E-state index contributed by atoms with van der Waals surface area (Å²) in [7, 11) is -2.12. The molecule has 0 saturated heterocycles. The van der Waals surface area contributed by atoms with Crippen molar-refractivity contribution in [1.82, 2.24) is 4.72 Å². The number of hydrogen-bond donors (Lipinski definition) is 2. The molecule has 152 valence electrons. The second-order valence-electron chi connectivity index (χ2n) is 6.47. The fourth-order valence-corrected chi connectivity index (χ4v) is 3.80. The Kier molecular flexibility index (Phi) is 6.36. The van der Waals surface area contributed by atoms with E-state index >= 15 is 0 Å². The first-order valence-corrected chi connectivity index (χ1v) is 10.4. The van der Waals surface area contributed by atoms with Crippen LogP contribution in [0.2, 0.25) is 0 Å². The Morgan fingerprint density at radius 3 is 2.52 bits per heavy atom. The number of rotatable bonds is 8. The minimum absolute atomic E-state index is 0.0617. The zero-order chi connectivity index (χ0) is 20.9. The van der Waals surface area contributed by atoms with Crippen LogP contribution in [-0.4, -0.2) is 21.4 Å². The number of furan rings is 1. The van der Waals surface area contributed by atoms with Gasteiger partial charge in [-0.25, -0.2) is 13.1 Å². The van der Waals surface area contributed by atoms with Crippen LogP contribution in [-0.2, 0) is 27.8 Å². The minimum Gasteiger partial charge on any atom is -0.496 e. The lowest BCUT2D eigenvalue weighted by Crippen LogP contribution is -2.23. The van der Waals surface area contributed by atoms with Gasteiger partial charge in [0.05, 0.1) is 31.2 Å². The second kappa shape index (κ2) is 8.93. The molecular weight excluding hydrogens is 392 g/mol. The van der Waals surface area contributed by atoms with E-state index in [1.807, 2.05) is 25.1 Å². The summed E-state index contributed by atoms with van der Waals surface area (Å²) in [4.78, 5) is 12.5. The lowest BCUT2D eigenvalue weighted by molar-refractivity contribution is -0.115. The van der Waals surface area contributed by atoms with Gasteiger partial charge in [0.1, 0.15) is 11.5 Å². The Morgan fingerprint density at radius 1 is 1.10 bits per heavy atom. The van der Waals surface area contributed by atoms with Crippen molar-refractivity contribution in [3.63, 3.8) is 0 Å². The van der Waals surface area contributed by atoms with Crippen molar-refractivity contribution in [2.24, 2.45) is 0 Å². The molecule has 0 radical (unpaired) electrons. The molecule has 2 N–H and O–H groups in total. The van der Waals surface area contributed by atoms with Crippen molar-refractivity contribution in [3.8, 4) is 5.75 Å². The molecule has 0 spiro atoms. The third-order valence-corrected chi connectivity index (χ3v) is 5.67. The molecule has 0 saturated carbocycles. The molecule has 3 aromatic rings. The number of benzene rings is 2. The van der Waals surface area contributed by atoms with Crippen LogP contribution in [0.1, 0.15) is 16.9 Å². The smallest absolute Gasteiger partial charge is 0.240 e. The largest absolute Gasteiger partial charge is 0.496 e. The summed E-state index contributed by atoms with van der Waals surface area (Å²) in [6.07, 6.45) is 1.63. The molecule has 0 unspecified atom stereocenters. The molecule has 1 heterocycles. The number of aryl methyl sites for hydroxylation is 1. The Balaban J connectivity index is 1.62. The van der Waals surface area contributed by atoms with E-state index in [0.29, 0.717) is 17.2 Å². The summed E-state index contributed by atoms with van der Waals surface area (Å²) in [5, 5.41) is 2.77. The van der Waals surface area contributed by atoms with E-state index in [4.69, 9.17) is 9.15 Å². The third-order valence-electron chi connectivity index (χ3n) is 4.25. The Bertz CT molecular complexity index is 1070. The second-order valence-corrected chi connectivity index (χ2v) is 8.24. The quantitative estimate of drug-likeness (QED) is 0.590. The van der Waals surface area contributed by atoms with Crippen molar-refractivity contribution in [1.29, 1.82) is 0 Å². The summed E-state index contributed by atoms with van der Waals surface area (Å²) in [6, 6.07) is 15.0. The average molecular weight is 414 g/mol. The fraction of sp³-hybridized carbons (Fsp3) is 0.190. The topological polar surface area (TPSA) is 97.6 Å². The van der Waals surface area contributed by atoms with Crippen LogP contribution in [0, 0.1) is 6.92 Å². The van der Waals surface area contributed by atoms with Crippen LogP contribution in [0.5, 0.6) is 5.75 Å². The Morgan fingerprint density at radius 2 is 1.86 bits per heavy atom. The van der Waals surface area contributed by atoms with Gasteiger partial charge in [0, 0.05) is 11.3 Å². The van der Waals surface area contributed by atoms with E-state index in [1.54, 1.807) is 31.4 Å². The number of ether oxygens (including phenoxy) is 1. The zero-order valence-corrected chi connectivity index (χ0v) is 17.0. The number of methoxy groups -OCH3 is 1. The summed E-state index contributed by atoms with van der Waals surface area (Å²) < 4.78 is 37.6. The molecule has 0 aliphatic heterocycles. The van der Waals surface area contributed by atoms with Crippen LogP contribution in [0.3, 0.4) is 0 Å². The lowest BCUT2D eigenvalue weighted by atomic mass is 10.1. The van der Waals surface area contributed by atoms with Crippen LogP contribution in [0.25, 0.3) is 0 Å². The molecule has 7 nitrogen and oxygen atoms in total. The van der Waals surface area contributed by atoms with Gasteiger partial charge in [-0.05, 0) is 49.4 Å². The monoisotopic (exact) mass is 414 g/mol. The molecule has 2 aromatic carbocycles. The minimum atomic E-state index is -3.68. The van der Waals surface area contributed by atoms with E-state index in [2.05, 4.69) is 10.0 Å². The summed E-state index contributed by atoms with van der Waals surface area (Å²) >= 11 is 0. The molecular formula is C21H22N2O5S. The van der Waals surface area contributed by atoms with Crippen LogP contribution >= 0.6 is 0 Å².